The first kappa shape index (κ1) is 17.6. The van der Waals surface area contributed by atoms with Crippen molar-refractivity contribution in [3.05, 3.63) is 0 Å². The highest BCUT2D eigenvalue weighted by molar-refractivity contribution is 8.27. The zero-order valence-corrected chi connectivity index (χ0v) is 13.8. The molecule has 0 aliphatic carbocycles. The lowest BCUT2D eigenvalue weighted by atomic mass is 10.1. The Bertz CT molecular complexity index is 354. The van der Waals surface area contributed by atoms with Gasteiger partial charge in [-0.3, -0.25) is 4.90 Å². The normalized spacial score (nSPS) is 18.8. The number of hydrogen-bond donors (Lipinski definition) is 0. The molecule has 0 saturated carbocycles. The third-order valence-electron chi connectivity index (χ3n) is 3.11. The molecule has 0 unspecified atom stereocenters. The molecule has 0 radical (unpaired) electrons. The summed E-state index contributed by atoms with van der Waals surface area (Å²) in [4.78, 5) is 2.39. The summed E-state index contributed by atoms with van der Waals surface area (Å²) in [6, 6.07) is 0.700. The van der Waals surface area contributed by atoms with Crippen molar-refractivity contribution < 1.29 is 0 Å². The van der Waals surface area contributed by atoms with Crippen LogP contribution in [0, 0.1) is 17.8 Å². The highest BCUT2D eigenvalue weighted by Crippen LogP contribution is 2.30. The van der Waals surface area contributed by atoms with Gasteiger partial charge >= 0.3 is 0 Å². The fraction of sp³-hybridized carbons (Fsp3) is 0.750. The second kappa shape index (κ2) is 8.67. The van der Waals surface area contributed by atoms with E-state index in [0.29, 0.717) is 12.0 Å². The molecular weight excluding hydrogens is 238 g/mol. The fourth-order valence-electron chi connectivity index (χ4n) is 1.96. The van der Waals surface area contributed by atoms with Crippen LogP contribution in [0.4, 0.5) is 0 Å². The molecule has 0 atom stereocenters. The molecule has 0 aromatic rings. The van der Waals surface area contributed by atoms with E-state index in [1.807, 2.05) is 13.8 Å². The molecule has 1 saturated heterocycles. The van der Waals surface area contributed by atoms with Crippen molar-refractivity contribution in [2.24, 2.45) is 5.92 Å². The molecule has 2 heteroatoms. The molecule has 1 nitrogen and oxygen atoms in total. The lowest BCUT2D eigenvalue weighted by Gasteiger charge is -2.33. The fourth-order valence-corrected chi connectivity index (χ4v) is 3.71. The monoisotopic (exact) mass is 269 g/mol. The van der Waals surface area contributed by atoms with E-state index in [2.05, 4.69) is 49.4 Å². The third-order valence-corrected chi connectivity index (χ3v) is 5.31. The maximum Gasteiger partial charge on any atom is 0.0601 e. The Morgan fingerprint density at radius 1 is 1.22 bits per heavy atom. The first-order chi connectivity index (χ1) is 8.41. The number of nitrogens with zero attached hydrogens (tertiary/aromatic N) is 1. The Morgan fingerprint density at radius 3 is 2.17 bits per heavy atom. The summed E-state index contributed by atoms with van der Waals surface area (Å²) in [5.74, 6) is 17.9. The van der Waals surface area contributed by atoms with E-state index in [0.717, 1.165) is 6.54 Å². The van der Waals surface area contributed by atoms with Gasteiger partial charge in [-0.05, 0) is 31.4 Å². The van der Waals surface area contributed by atoms with Gasteiger partial charge in [0.15, 0.2) is 0 Å². The van der Waals surface area contributed by atoms with Crippen LogP contribution in [-0.2, 0) is 0 Å². The van der Waals surface area contributed by atoms with Crippen LogP contribution in [0.15, 0.2) is 0 Å². The molecule has 0 spiro atoms. The summed E-state index contributed by atoms with van der Waals surface area (Å²) < 4.78 is 0. The number of rotatable bonds is 2. The van der Waals surface area contributed by atoms with E-state index < -0.39 is 9.21 Å². The highest BCUT2D eigenvalue weighted by atomic mass is 32.2. The van der Waals surface area contributed by atoms with Crippen molar-refractivity contribution in [3.63, 3.8) is 0 Å². The van der Waals surface area contributed by atoms with Gasteiger partial charge in [-0.1, -0.05) is 51.3 Å². The van der Waals surface area contributed by atoms with Crippen LogP contribution in [0.2, 0.25) is 0 Å². The van der Waals surface area contributed by atoms with Gasteiger partial charge in [0, 0.05) is 12.0 Å². The second-order valence-corrected chi connectivity index (χ2v) is 8.52. The van der Waals surface area contributed by atoms with E-state index in [1.54, 1.807) is 0 Å². The van der Waals surface area contributed by atoms with Crippen LogP contribution in [-0.4, -0.2) is 47.8 Å². The van der Waals surface area contributed by atoms with Gasteiger partial charge in [0.2, 0.25) is 0 Å². The largest absolute Gasteiger partial charge is 0.292 e. The SMILES string of the molecule is C=S1(=C)CCC(N(C)CC#CC(C)C)CC1.CC. The Hall–Kier alpha value is -0.390. The van der Waals surface area contributed by atoms with Crippen molar-refractivity contribution in [1.29, 1.82) is 0 Å². The summed E-state index contributed by atoms with van der Waals surface area (Å²) in [6.07, 6.45) is 2.50. The van der Waals surface area contributed by atoms with Crippen LogP contribution in [0.1, 0.15) is 40.5 Å². The molecule has 0 bridgehead atoms. The molecule has 1 heterocycles. The van der Waals surface area contributed by atoms with E-state index in [-0.39, 0.29) is 0 Å². The smallest absolute Gasteiger partial charge is 0.0601 e. The molecular formula is C16H31NS. The molecule has 0 aromatic heterocycles. The Balaban J connectivity index is 0.00000137. The minimum atomic E-state index is -0.746. The van der Waals surface area contributed by atoms with Crippen molar-refractivity contribution in [1.82, 2.24) is 4.90 Å². The van der Waals surface area contributed by atoms with Crippen LogP contribution < -0.4 is 0 Å². The van der Waals surface area contributed by atoms with E-state index in [1.165, 1.54) is 24.3 Å². The predicted molar refractivity (Wildman–Crippen MR) is 91.2 cm³/mol. The molecule has 1 aliphatic heterocycles. The average Bonchev–Trinajstić information content (AvgIpc) is 2.31. The average molecular weight is 269 g/mol. The third kappa shape index (κ3) is 7.13. The van der Waals surface area contributed by atoms with Gasteiger partial charge in [0.1, 0.15) is 0 Å². The summed E-state index contributed by atoms with van der Waals surface area (Å²) >= 11 is 0. The molecule has 0 aromatic carbocycles. The summed E-state index contributed by atoms with van der Waals surface area (Å²) in [5.41, 5.74) is 0. The van der Waals surface area contributed by atoms with Crippen LogP contribution in [0.5, 0.6) is 0 Å². The van der Waals surface area contributed by atoms with E-state index >= 15 is 0 Å². The molecule has 0 amide bonds. The maximum atomic E-state index is 4.23. The molecule has 1 fully saturated rings. The van der Waals surface area contributed by atoms with Crippen molar-refractivity contribution in [2.45, 2.75) is 46.6 Å². The molecule has 0 N–H and O–H groups in total. The minimum Gasteiger partial charge on any atom is -0.292 e. The molecule has 106 valence electrons. The van der Waals surface area contributed by atoms with Crippen molar-refractivity contribution in [3.8, 4) is 11.8 Å². The first-order valence-electron chi connectivity index (χ1n) is 7.04. The Kier molecular flexibility index (Phi) is 8.48. The summed E-state index contributed by atoms with van der Waals surface area (Å²) in [7, 11) is 1.44. The standard InChI is InChI=1S/C14H25NS.C2H6/c1-13(2)7-6-10-15(3)14-8-11-16(4,5)12-9-14;1-2/h13-14H,4-5,8-12H2,1-3H3;1-2H3. The van der Waals surface area contributed by atoms with Gasteiger partial charge in [-0.25, -0.2) is 9.21 Å². The Morgan fingerprint density at radius 2 is 1.72 bits per heavy atom. The van der Waals surface area contributed by atoms with Crippen molar-refractivity contribution in [2.75, 3.05) is 25.1 Å². The van der Waals surface area contributed by atoms with E-state index in [9.17, 15) is 0 Å². The lowest BCUT2D eigenvalue weighted by Crippen LogP contribution is -2.36. The van der Waals surface area contributed by atoms with Crippen molar-refractivity contribution >= 4 is 20.9 Å². The van der Waals surface area contributed by atoms with Crippen LogP contribution >= 0.6 is 9.21 Å². The first-order valence-corrected chi connectivity index (χ1v) is 9.35. The predicted octanol–water partition coefficient (Wildman–Crippen LogP) is 3.43. The minimum absolute atomic E-state index is 0.483. The highest BCUT2D eigenvalue weighted by Gasteiger charge is 2.19. The van der Waals surface area contributed by atoms with Gasteiger partial charge in [0.25, 0.3) is 0 Å². The molecule has 1 aliphatic rings. The zero-order chi connectivity index (χ0) is 14.2. The lowest BCUT2D eigenvalue weighted by molar-refractivity contribution is 0.255. The summed E-state index contributed by atoms with van der Waals surface area (Å²) in [6.45, 7) is 9.17. The van der Waals surface area contributed by atoms with Gasteiger partial charge < -0.3 is 0 Å². The van der Waals surface area contributed by atoms with E-state index in [4.69, 9.17) is 0 Å². The van der Waals surface area contributed by atoms with Gasteiger partial charge in [0.05, 0.1) is 6.54 Å². The summed E-state index contributed by atoms with van der Waals surface area (Å²) in [5, 5.41) is 0. The number of hydrogen-bond acceptors (Lipinski definition) is 1. The second-order valence-electron chi connectivity index (χ2n) is 5.26. The zero-order valence-electron chi connectivity index (χ0n) is 13.0. The Labute approximate surface area is 115 Å². The molecule has 1 rings (SSSR count). The van der Waals surface area contributed by atoms with Gasteiger partial charge in [-0.2, -0.15) is 0 Å². The van der Waals surface area contributed by atoms with Crippen LogP contribution in [0.3, 0.4) is 0 Å². The van der Waals surface area contributed by atoms with Crippen LogP contribution in [0.25, 0.3) is 0 Å². The topological polar surface area (TPSA) is 3.24 Å². The quantitative estimate of drug-likeness (QED) is 0.548. The molecule has 18 heavy (non-hydrogen) atoms. The maximum absolute atomic E-state index is 4.23. The van der Waals surface area contributed by atoms with Gasteiger partial charge in [-0.15, -0.1) is 0 Å².